The van der Waals surface area contributed by atoms with Crippen molar-refractivity contribution < 1.29 is 0 Å². The Morgan fingerprint density at radius 2 is 1.75 bits per heavy atom. The molecule has 0 radical (unpaired) electrons. The molecule has 0 fully saturated rings. The third-order valence-corrected chi connectivity index (χ3v) is 4.10. The van der Waals surface area contributed by atoms with Crippen molar-refractivity contribution in [2.75, 3.05) is 0 Å². The van der Waals surface area contributed by atoms with Crippen LogP contribution in [0.4, 0.5) is 0 Å². The Labute approximate surface area is 142 Å². The van der Waals surface area contributed by atoms with Crippen LogP contribution in [0.2, 0.25) is 0 Å². The van der Waals surface area contributed by atoms with Gasteiger partial charge in [0.25, 0.3) is 0 Å². The molecule has 24 heavy (non-hydrogen) atoms. The first-order valence-corrected chi connectivity index (χ1v) is 8.25. The largest absolute Gasteiger partial charge is 0.211 e. The molecule has 0 spiro atoms. The monoisotopic (exact) mass is 316 g/mol. The van der Waals surface area contributed by atoms with Gasteiger partial charge >= 0.3 is 0 Å². The van der Waals surface area contributed by atoms with Crippen LogP contribution in [0.3, 0.4) is 0 Å². The fourth-order valence-electron chi connectivity index (χ4n) is 2.69. The molecule has 0 aliphatic heterocycles. The molecule has 0 atom stereocenters. The van der Waals surface area contributed by atoms with Gasteiger partial charge in [0.2, 0.25) is 0 Å². The van der Waals surface area contributed by atoms with Crippen LogP contribution in [0, 0.1) is 18.3 Å². The quantitative estimate of drug-likeness (QED) is 0.698. The predicted octanol–water partition coefficient (Wildman–Crippen LogP) is 4.46. The van der Waals surface area contributed by atoms with E-state index in [1.807, 2.05) is 43.3 Å². The van der Waals surface area contributed by atoms with E-state index < -0.39 is 0 Å². The van der Waals surface area contributed by atoms with E-state index in [0.29, 0.717) is 5.69 Å². The van der Waals surface area contributed by atoms with Gasteiger partial charge in [0, 0.05) is 5.56 Å². The zero-order valence-corrected chi connectivity index (χ0v) is 14.0. The van der Waals surface area contributed by atoms with Gasteiger partial charge in [0.1, 0.15) is 11.8 Å². The normalized spacial score (nSPS) is 10.5. The summed E-state index contributed by atoms with van der Waals surface area (Å²) in [5.74, 6) is 0. The lowest BCUT2D eigenvalue weighted by Crippen LogP contribution is -2.00. The van der Waals surface area contributed by atoms with E-state index in [-0.39, 0.29) is 0 Å². The first-order chi connectivity index (χ1) is 11.7. The lowest BCUT2D eigenvalue weighted by molar-refractivity contribution is 0.789. The number of rotatable bonds is 5. The van der Waals surface area contributed by atoms with Crippen LogP contribution < -0.4 is 0 Å². The van der Waals surface area contributed by atoms with E-state index in [0.717, 1.165) is 23.4 Å². The van der Waals surface area contributed by atoms with E-state index in [1.165, 1.54) is 24.0 Å². The number of aryl methyl sites for hydroxylation is 2. The van der Waals surface area contributed by atoms with Crippen molar-refractivity contribution >= 4 is 0 Å². The molecule has 0 bridgehead atoms. The minimum Gasteiger partial charge on any atom is -0.211 e. The van der Waals surface area contributed by atoms with Crippen LogP contribution in [-0.2, 0) is 6.42 Å². The number of hydrogen-bond acceptors (Lipinski definition) is 3. The standard InChI is InChI=1S/C20H20N4/c1-3-4-5-16-8-12-18(13-9-16)24-20(19(14-21)22-23-24)17-10-6-15(2)7-11-17/h6-13H,3-5H2,1-2H3. The average molecular weight is 316 g/mol. The first-order valence-electron chi connectivity index (χ1n) is 8.25. The van der Waals surface area contributed by atoms with Gasteiger partial charge in [0.15, 0.2) is 5.69 Å². The van der Waals surface area contributed by atoms with Gasteiger partial charge in [-0.2, -0.15) is 5.26 Å². The number of nitrogens with zero attached hydrogens (tertiary/aromatic N) is 4. The number of unbranched alkanes of at least 4 members (excludes halogenated alkanes) is 1. The number of hydrogen-bond donors (Lipinski definition) is 0. The molecule has 4 heteroatoms. The van der Waals surface area contributed by atoms with E-state index >= 15 is 0 Å². The molecule has 3 rings (SSSR count). The molecule has 0 saturated heterocycles. The van der Waals surface area contributed by atoms with Gasteiger partial charge in [0.05, 0.1) is 5.69 Å². The summed E-state index contributed by atoms with van der Waals surface area (Å²) < 4.78 is 1.74. The van der Waals surface area contributed by atoms with Gasteiger partial charge in [-0.3, -0.25) is 0 Å². The average Bonchev–Trinajstić information content (AvgIpc) is 3.05. The summed E-state index contributed by atoms with van der Waals surface area (Å²) in [5.41, 5.74) is 5.43. The third kappa shape index (κ3) is 3.21. The lowest BCUT2D eigenvalue weighted by Gasteiger charge is -2.08. The Kier molecular flexibility index (Phi) is 4.72. The van der Waals surface area contributed by atoms with Crippen molar-refractivity contribution in [3.05, 3.63) is 65.4 Å². The van der Waals surface area contributed by atoms with Crippen molar-refractivity contribution in [3.8, 4) is 23.0 Å². The maximum absolute atomic E-state index is 9.37. The van der Waals surface area contributed by atoms with Crippen LogP contribution in [-0.4, -0.2) is 15.0 Å². The molecule has 1 heterocycles. The number of nitriles is 1. The van der Waals surface area contributed by atoms with E-state index in [1.54, 1.807) is 4.68 Å². The van der Waals surface area contributed by atoms with Gasteiger partial charge in [-0.05, 0) is 37.5 Å². The van der Waals surface area contributed by atoms with Crippen LogP contribution >= 0.6 is 0 Å². The van der Waals surface area contributed by atoms with Crippen molar-refractivity contribution in [2.24, 2.45) is 0 Å². The van der Waals surface area contributed by atoms with Gasteiger partial charge in [-0.15, -0.1) is 5.10 Å². The highest BCUT2D eigenvalue weighted by molar-refractivity contribution is 5.67. The summed E-state index contributed by atoms with van der Waals surface area (Å²) in [6.45, 7) is 4.24. The first kappa shape index (κ1) is 15.9. The van der Waals surface area contributed by atoms with Crippen LogP contribution in [0.25, 0.3) is 16.9 Å². The van der Waals surface area contributed by atoms with Crippen LogP contribution in [0.5, 0.6) is 0 Å². The Bertz CT molecular complexity index is 852. The smallest absolute Gasteiger partial charge is 0.191 e. The zero-order chi connectivity index (χ0) is 16.9. The second kappa shape index (κ2) is 7.10. The Hall–Kier alpha value is -2.93. The molecule has 0 aliphatic rings. The summed E-state index contributed by atoms with van der Waals surface area (Å²) in [4.78, 5) is 0. The predicted molar refractivity (Wildman–Crippen MR) is 94.9 cm³/mol. The maximum Gasteiger partial charge on any atom is 0.191 e. The fourth-order valence-corrected chi connectivity index (χ4v) is 2.69. The highest BCUT2D eigenvalue weighted by Gasteiger charge is 2.16. The lowest BCUT2D eigenvalue weighted by atomic mass is 10.1. The molecular weight excluding hydrogens is 296 g/mol. The highest BCUT2D eigenvalue weighted by Crippen LogP contribution is 2.25. The number of aromatic nitrogens is 3. The topological polar surface area (TPSA) is 54.5 Å². The summed E-state index contributed by atoms with van der Waals surface area (Å²) in [5, 5.41) is 17.6. The third-order valence-electron chi connectivity index (χ3n) is 4.10. The maximum atomic E-state index is 9.37. The van der Waals surface area contributed by atoms with E-state index in [2.05, 4.69) is 35.4 Å². The Morgan fingerprint density at radius 1 is 1.04 bits per heavy atom. The molecule has 0 saturated carbocycles. The van der Waals surface area contributed by atoms with Crippen molar-refractivity contribution in [1.82, 2.24) is 15.0 Å². The Morgan fingerprint density at radius 3 is 2.38 bits per heavy atom. The molecule has 3 aromatic rings. The van der Waals surface area contributed by atoms with Gasteiger partial charge < -0.3 is 0 Å². The fraction of sp³-hybridized carbons (Fsp3) is 0.250. The highest BCUT2D eigenvalue weighted by atomic mass is 15.4. The molecule has 0 aliphatic carbocycles. The van der Waals surface area contributed by atoms with Crippen molar-refractivity contribution in [3.63, 3.8) is 0 Å². The van der Waals surface area contributed by atoms with Crippen LogP contribution in [0.15, 0.2) is 48.5 Å². The van der Waals surface area contributed by atoms with Crippen molar-refractivity contribution in [2.45, 2.75) is 33.1 Å². The summed E-state index contributed by atoms with van der Waals surface area (Å²) in [6.07, 6.45) is 3.46. The second-order valence-corrected chi connectivity index (χ2v) is 5.95. The zero-order valence-electron chi connectivity index (χ0n) is 14.0. The Balaban J connectivity index is 2.01. The number of benzene rings is 2. The molecule has 0 unspecified atom stereocenters. The molecule has 1 aromatic heterocycles. The SMILES string of the molecule is CCCCc1ccc(-n2nnc(C#N)c2-c2ccc(C)cc2)cc1. The molecule has 2 aromatic carbocycles. The summed E-state index contributed by atoms with van der Waals surface area (Å²) in [6, 6.07) is 18.5. The second-order valence-electron chi connectivity index (χ2n) is 5.95. The minimum absolute atomic E-state index is 0.342. The molecule has 4 nitrogen and oxygen atoms in total. The van der Waals surface area contributed by atoms with Crippen molar-refractivity contribution in [1.29, 1.82) is 5.26 Å². The van der Waals surface area contributed by atoms with E-state index in [4.69, 9.17) is 0 Å². The molecule has 0 amide bonds. The van der Waals surface area contributed by atoms with Crippen LogP contribution in [0.1, 0.15) is 36.6 Å². The molecule has 120 valence electrons. The summed E-state index contributed by atoms with van der Waals surface area (Å²) in [7, 11) is 0. The minimum atomic E-state index is 0.342. The van der Waals surface area contributed by atoms with Gasteiger partial charge in [-0.25, -0.2) is 4.68 Å². The summed E-state index contributed by atoms with van der Waals surface area (Å²) >= 11 is 0. The van der Waals surface area contributed by atoms with Gasteiger partial charge in [-0.1, -0.05) is 60.5 Å². The van der Waals surface area contributed by atoms with E-state index in [9.17, 15) is 5.26 Å². The molecular formula is C20H20N4. The molecule has 0 N–H and O–H groups in total.